The Morgan fingerprint density at radius 3 is 2.52 bits per heavy atom. The van der Waals surface area contributed by atoms with Crippen LogP contribution in [-0.2, 0) is 16.5 Å². The second-order valence-electron chi connectivity index (χ2n) is 6.15. The molecule has 0 aliphatic carbocycles. The summed E-state index contributed by atoms with van der Waals surface area (Å²) in [6.45, 7) is 6.15. The standard InChI is InChI=1S/C15H21F3N6O/c1-9-11(7-24(23-9)14(2,3)8-25-5)21-13-20-6-10(15(16,17)18)12(19-4)22-13/h6-7H,8H2,1-5H3,(H2,19,20,21,22). The van der Waals surface area contributed by atoms with Crippen molar-refractivity contribution in [1.82, 2.24) is 19.7 Å². The van der Waals surface area contributed by atoms with Crippen molar-refractivity contribution in [2.24, 2.45) is 0 Å². The zero-order valence-corrected chi connectivity index (χ0v) is 14.7. The Bertz CT molecular complexity index is 741. The normalized spacial score (nSPS) is 12.3. The maximum Gasteiger partial charge on any atom is 0.421 e. The molecular weight excluding hydrogens is 337 g/mol. The molecule has 0 saturated heterocycles. The van der Waals surface area contributed by atoms with Gasteiger partial charge in [-0.05, 0) is 20.8 Å². The number of hydrogen-bond acceptors (Lipinski definition) is 6. The van der Waals surface area contributed by atoms with E-state index in [4.69, 9.17) is 4.74 Å². The minimum atomic E-state index is -4.53. The van der Waals surface area contributed by atoms with Crippen LogP contribution in [0.2, 0.25) is 0 Å². The first-order valence-corrected chi connectivity index (χ1v) is 7.53. The summed E-state index contributed by atoms with van der Waals surface area (Å²) in [5, 5.41) is 9.77. The highest BCUT2D eigenvalue weighted by molar-refractivity contribution is 5.57. The van der Waals surface area contributed by atoms with Gasteiger partial charge in [0.05, 0.1) is 23.5 Å². The first kappa shape index (κ1) is 19.0. The SMILES string of the molecule is CNc1nc(Nc2cn(C(C)(C)COC)nc2C)ncc1C(F)(F)F. The van der Waals surface area contributed by atoms with Gasteiger partial charge in [0.25, 0.3) is 0 Å². The second kappa shape index (κ2) is 6.87. The van der Waals surface area contributed by atoms with Crippen LogP contribution < -0.4 is 10.6 Å². The van der Waals surface area contributed by atoms with Crippen molar-refractivity contribution in [3.05, 3.63) is 23.7 Å². The predicted octanol–water partition coefficient (Wildman–Crippen LogP) is 3.17. The Balaban J connectivity index is 2.30. The fourth-order valence-corrected chi connectivity index (χ4v) is 2.27. The number of halogens is 3. The van der Waals surface area contributed by atoms with Crippen molar-refractivity contribution >= 4 is 17.5 Å². The van der Waals surface area contributed by atoms with Gasteiger partial charge in [-0.15, -0.1) is 0 Å². The van der Waals surface area contributed by atoms with Crippen LogP contribution in [0.1, 0.15) is 25.1 Å². The highest BCUT2D eigenvalue weighted by Gasteiger charge is 2.35. The van der Waals surface area contributed by atoms with Crippen molar-refractivity contribution in [3.63, 3.8) is 0 Å². The molecule has 138 valence electrons. The average molecular weight is 358 g/mol. The number of nitrogens with zero attached hydrogens (tertiary/aromatic N) is 4. The summed E-state index contributed by atoms with van der Waals surface area (Å²) in [4.78, 5) is 7.64. The van der Waals surface area contributed by atoms with Gasteiger partial charge < -0.3 is 15.4 Å². The van der Waals surface area contributed by atoms with Crippen molar-refractivity contribution in [1.29, 1.82) is 0 Å². The number of anilines is 3. The van der Waals surface area contributed by atoms with Crippen LogP contribution >= 0.6 is 0 Å². The average Bonchev–Trinajstić information content (AvgIpc) is 2.88. The number of alkyl halides is 3. The van der Waals surface area contributed by atoms with Crippen molar-refractivity contribution in [3.8, 4) is 0 Å². The highest BCUT2D eigenvalue weighted by atomic mass is 19.4. The number of hydrogen-bond donors (Lipinski definition) is 2. The third-order valence-corrected chi connectivity index (χ3v) is 3.59. The van der Waals surface area contributed by atoms with E-state index in [1.807, 2.05) is 13.8 Å². The van der Waals surface area contributed by atoms with Gasteiger partial charge >= 0.3 is 6.18 Å². The molecular formula is C15H21F3N6O. The van der Waals surface area contributed by atoms with Crippen LogP contribution in [0.25, 0.3) is 0 Å². The lowest BCUT2D eigenvalue weighted by Crippen LogP contribution is -2.31. The predicted molar refractivity (Wildman–Crippen MR) is 88.0 cm³/mol. The molecule has 0 spiro atoms. The van der Waals surface area contributed by atoms with E-state index in [0.717, 1.165) is 6.20 Å². The Morgan fingerprint density at radius 1 is 1.28 bits per heavy atom. The van der Waals surface area contributed by atoms with E-state index >= 15 is 0 Å². The summed E-state index contributed by atoms with van der Waals surface area (Å²) in [7, 11) is 2.98. The second-order valence-corrected chi connectivity index (χ2v) is 6.15. The highest BCUT2D eigenvalue weighted by Crippen LogP contribution is 2.34. The maximum atomic E-state index is 12.9. The van der Waals surface area contributed by atoms with Gasteiger partial charge in [0.15, 0.2) is 0 Å². The zero-order valence-electron chi connectivity index (χ0n) is 14.7. The summed E-state index contributed by atoms with van der Waals surface area (Å²) in [5.41, 5.74) is -0.0322. The van der Waals surface area contributed by atoms with Gasteiger partial charge in [0.2, 0.25) is 5.95 Å². The summed E-state index contributed by atoms with van der Waals surface area (Å²) in [6.07, 6.45) is -2.04. The number of ether oxygens (including phenoxy) is 1. The van der Waals surface area contributed by atoms with Crippen molar-refractivity contribution in [2.75, 3.05) is 31.4 Å². The molecule has 0 bridgehead atoms. The molecule has 2 N–H and O–H groups in total. The molecule has 0 aromatic carbocycles. The Hall–Kier alpha value is -2.36. The van der Waals surface area contributed by atoms with E-state index in [2.05, 4.69) is 25.7 Å². The van der Waals surface area contributed by atoms with Crippen LogP contribution in [0.3, 0.4) is 0 Å². The van der Waals surface area contributed by atoms with Gasteiger partial charge in [-0.25, -0.2) is 4.98 Å². The van der Waals surface area contributed by atoms with Crippen LogP contribution in [0.4, 0.5) is 30.6 Å². The molecule has 7 nitrogen and oxygen atoms in total. The maximum absolute atomic E-state index is 12.9. The van der Waals surface area contributed by atoms with E-state index in [0.29, 0.717) is 18.0 Å². The third-order valence-electron chi connectivity index (χ3n) is 3.59. The number of aryl methyl sites for hydroxylation is 1. The van der Waals surface area contributed by atoms with Crippen LogP contribution in [0.5, 0.6) is 0 Å². The Kier molecular flexibility index (Phi) is 5.21. The number of nitrogens with one attached hydrogen (secondary N) is 2. The van der Waals surface area contributed by atoms with Crippen LogP contribution in [0.15, 0.2) is 12.4 Å². The minimum absolute atomic E-state index is 0.0459. The molecule has 2 aromatic rings. The molecule has 0 aliphatic rings. The van der Waals surface area contributed by atoms with Gasteiger partial charge in [-0.3, -0.25) is 4.68 Å². The van der Waals surface area contributed by atoms with E-state index in [9.17, 15) is 13.2 Å². The number of rotatable bonds is 6. The van der Waals surface area contributed by atoms with Crippen molar-refractivity contribution < 1.29 is 17.9 Å². The van der Waals surface area contributed by atoms with Crippen LogP contribution in [0, 0.1) is 6.92 Å². The number of aromatic nitrogens is 4. The molecule has 2 heterocycles. The fraction of sp³-hybridized carbons (Fsp3) is 0.533. The van der Waals surface area contributed by atoms with Gasteiger partial charge in [-0.1, -0.05) is 0 Å². The van der Waals surface area contributed by atoms with Crippen molar-refractivity contribution in [2.45, 2.75) is 32.5 Å². The third kappa shape index (κ3) is 4.19. The lowest BCUT2D eigenvalue weighted by Gasteiger charge is -2.24. The molecule has 0 amide bonds. The van der Waals surface area contributed by atoms with Gasteiger partial charge in [0.1, 0.15) is 11.4 Å². The molecule has 0 unspecified atom stereocenters. The summed E-state index contributed by atoms with van der Waals surface area (Å²) in [6, 6.07) is 0. The summed E-state index contributed by atoms with van der Waals surface area (Å²) >= 11 is 0. The molecule has 0 radical (unpaired) electrons. The topological polar surface area (TPSA) is 76.9 Å². The van der Waals surface area contributed by atoms with E-state index in [-0.39, 0.29) is 17.3 Å². The summed E-state index contributed by atoms with van der Waals surface area (Å²) < 4.78 is 45.6. The molecule has 0 saturated carbocycles. The van der Waals surface area contributed by atoms with E-state index in [1.165, 1.54) is 7.05 Å². The van der Waals surface area contributed by atoms with Gasteiger partial charge in [-0.2, -0.15) is 23.3 Å². The quantitative estimate of drug-likeness (QED) is 0.826. The molecule has 2 rings (SSSR count). The fourth-order valence-electron chi connectivity index (χ4n) is 2.27. The first-order chi connectivity index (χ1) is 11.6. The molecule has 0 aliphatic heterocycles. The Morgan fingerprint density at radius 2 is 1.96 bits per heavy atom. The zero-order chi connectivity index (χ0) is 18.8. The number of methoxy groups -OCH3 is 1. The molecule has 2 aromatic heterocycles. The van der Waals surface area contributed by atoms with E-state index < -0.39 is 11.7 Å². The minimum Gasteiger partial charge on any atom is -0.382 e. The molecule has 0 atom stereocenters. The first-order valence-electron chi connectivity index (χ1n) is 7.53. The summed E-state index contributed by atoms with van der Waals surface area (Å²) in [5.74, 6) is -0.251. The van der Waals surface area contributed by atoms with E-state index in [1.54, 1.807) is 24.9 Å². The lowest BCUT2D eigenvalue weighted by molar-refractivity contribution is -0.137. The lowest BCUT2D eigenvalue weighted by atomic mass is 10.1. The molecule has 0 fully saturated rings. The smallest absolute Gasteiger partial charge is 0.382 e. The van der Waals surface area contributed by atoms with Crippen LogP contribution in [-0.4, -0.2) is 40.5 Å². The Labute approximate surface area is 143 Å². The molecule has 25 heavy (non-hydrogen) atoms. The largest absolute Gasteiger partial charge is 0.421 e. The monoisotopic (exact) mass is 358 g/mol. The van der Waals surface area contributed by atoms with Gasteiger partial charge in [0, 0.05) is 26.6 Å². The molecule has 10 heteroatoms.